The first kappa shape index (κ1) is 14.1. The maximum absolute atomic E-state index is 13.6. The number of hydrazone groups is 1. The minimum atomic E-state index is -0.717. The van der Waals surface area contributed by atoms with Gasteiger partial charge in [-0.2, -0.15) is 10.4 Å². The fourth-order valence-electron chi connectivity index (χ4n) is 1.15. The highest BCUT2D eigenvalue weighted by molar-refractivity contribution is 6.45. The molecule has 8 heteroatoms. The Morgan fingerprint density at radius 3 is 2.74 bits per heavy atom. The van der Waals surface area contributed by atoms with Crippen molar-refractivity contribution >= 4 is 23.1 Å². The monoisotopic (exact) mass is 262 g/mol. The van der Waals surface area contributed by atoms with E-state index >= 15 is 0 Å². The Morgan fingerprint density at radius 1 is 1.58 bits per heavy atom. The van der Waals surface area contributed by atoms with E-state index in [1.54, 1.807) is 6.07 Å². The zero-order valence-corrected chi connectivity index (χ0v) is 9.99. The van der Waals surface area contributed by atoms with Gasteiger partial charge >= 0.3 is 0 Å². The molecule has 0 atom stereocenters. The lowest BCUT2D eigenvalue weighted by Gasteiger charge is -2.05. The minimum Gasteiger partial charge on any atom is -0.382 e. The van der Waals surface area contributed by atoms with Crippen LogP contribution in [-0.2, 0) is 0 Å². The number of nitrogens with zero attached hydrogens (tertiary/aromatic N) is 2. The Morgan fingerprint density at radius 2 is 2.26 bits per heavy atom. The number of anilines is 1. The van der Waals surface area contributed by atoms with Gasteiger partial charge in [0.25, 0.3) is 5.91 Å². The molecule has 19 heavy (non-hydrogen) atoms. The lowest BCUT2D eigenvalue weighted by molar-refractivity contribution is 0.0962. The molecule has 0 radical (unpaired) electrons. The number of amides is 1. The number of benzene rings is 1. The van der Waals surface area contributed by atoms with E-state index in [4.69, 9.17) is 16.4 Å². The minimum absolute atomic E-state index is 0.0401. The highest BCUT2D eigenvalue weighted by Gasteiger charge is 2.08. The first-order valence-electron chi connectivity index (χ1n) is 5.09. The predicted octanol–water partition coefficient (Wildman–Crippen LogP) is 0.413. The third kappa shape index (κ3) is 3.50. The van der Waals surface area contributed by atoms with Gasteiger partial charge in [-0.3, -0.25) is 15.6 Å². The van der Waals surface area contributed by atoms with E-state index in [2.05, 4.69) is 15.8 Å². The molecule has 0 aliphatic heterocycles. The molecule has 1 rings (SSSR count). The topological polar surface area (TPSA) is 127 Å². The summed E-state index contributed by atoms with van der Waals surface area (Å²) < 4.78 is 13.6. The van der Waals surface area contributed by atoms with E-state index in [1.165, 1.54) is 19.2 Å². The van der Waals surface area contributed by atoms with Crippen LogP contribution in [0.1, 0.15) is 10.4 Å². The number of rotatable bonds is 4. The molecule has 0 spiro atoms. The van der Waals surface area contributed by atoms with Gasteiger partial charge in [0.05, 0.1) is 5.69 Å². The highest BCUT2D eigenvalue weighted by Crippen LogP contribution is 2.15. The number of hydrogen-bond donors (Lipinski definition) is 4. The number of nitrogens with two attached hydrogens (primary N) is 1. The molecule has 0 bridgehead atoms. The van der Waals surface area contributed by atoms with E-state index in [0.717, 1.165) is 6.07 Å². The molecule has 0 saturated carbocycles. The van der Waals surface area contributed by atoms with Gasteiger partial charge in [0.15, 0.2) is 5.84 Å². The summed E-state index contributed by atoms with van der Waals surface area (Å²) in [7, 11) is 1.43. The molecule has 1 aromatic carbocycles. The maximum Gasteiger partial charge on any atom is 0.251 e. The molecular formula is C11H11FN6O. The Bertz CT molecular complexity index is 589. The van der Waals surface area contributed by atoms with Crippen LogP contribution in [0.3, 0.4) is 0 Å². The molecule has 0 heterocycles. The van der Waals surface area contributed by atoms with Gasteiger partial charge in [-0.1, -0.05) is 0 Å². The van der Waals surface area contributed by atoms with Crippen molar-refractivity contribution in [1.29, 1.82) is 10.7 Å². The molecule has 1 aromatic rings. The Balaban J connectivity index is 2.96. The second-order valence-electron chi connectivity index (χ2n) is 3.37. The number of carbonyl (C=O) groups excluding carboxylic acids is 1. The molecule has 5 N–H and O–H groups in total. The highest BCUT2D eigenvalue weighted by atomic mass is 19.1. The molecule has 98 valence electrons. The van der Waals surface area contributed by atoms with E-state index in [-0.39, 0.29) is 17.0 Å². The number of halogens is 1. The van der Waals surface area contributed by atoms with Crippen molar-refractivity contribution < 1.29 is 9.18 Å². The molecule has 0 aliphatic rings. The molecule has 7 nitrogen and oxygen atoms in total. The lowest BCUT2D eigenvalue weighted by atomic mass is 10.2. The lowest BCUT2D eigenvalue weighted by Crippen LogP contribution is -2.22. The van der Waals surface area contributed by atoms with Crippen LogP contribution in [0, 0.1) is 22.6 Å². The second-order valence-corrected chi connectivity index (χ2v) is 3.37. The third-order valence-corrected chi connectivity index (χ3v) is 2.11. The van der Waals surface area contributed by atoms with E-state index in [1.807, 2.05) is 0 Å². The van der Waals surface area contributed by atoms with Crippen LogP contribution in [0.25, 0.3) is 0 Å². The second kappa shape index (κ2) is 6.11. The van der Waals surface area contributed by atoms with Crippen molar-refractivity contribution in [3.8, 4) is 6.07 Å². The molecule has 0 aliphatic carbocycles. The molecule has 0 unspecified atom stereocenters. The van der Waals surface area contributed by atoms with Crippen molar-refractivity contribution in [3.05, 3.63) is 29.6 Å². The summed E-state index contributed by atoms with van der Waals surface area (Å²) in [6.07, 6.45) is 0. The van der Waals surface area contributed by atoms with Crippen LogP contribution in [-0.4, -0.2) is 24.5 Å². The van der Waals surface area contributed by atoms with Crippen LogP contribution in [0.4, 0.5) is 10.1 Å². The van der Waals surface area contributed by atoms with E-state index in [9.17, 15) is 9.18 Å². The summed E-state index contributed by atoms with van der Waals surface area (Å²) >= 11 is 0. The fourth-order valence-corrected chi connectivity index (χ4v) is 1.15. The molecule has 0 saturated heterocycles. The zero-order chi connectivity index (χ0) is 14.4. The summed E-state index contributed by atoms with van der Waals surface area (Å²) in [6, 6.07) is 5.28. The number of hydrogen-bond acceptors (Lipinski definition) is 5. The number of amidine groups is 1. The number of nitrogens with one attached hydrogen (secondary N) is 3. The van der Waals surface area contributed by atoms with Gasteiger partial charge in [-0.25, -0.2) is 4.39 Å². The summed E-state index contributed by atoms with van der Waals surface area (Å²) in [4.78, 5) is 11.3. The normalized spacial score (nSPS) is 10.5. The van der Waals surface area contributed by atoms with Gasteiger partial charge in [0.2, 0.25) is 5.71 Å². The van der Waals surface area contributed by atoms with Crippen molar-refractivity contribution in [3.63, 3.8) is 0 Å². The summed E-state index contributed by atoms with van der Waals surface area (Å²) in [6.45, 7) is 0. The first-order valence-corrected chi connectivity index (χ1v) is 5.09. The molecule has 0 aromatic heterocycles. The zero-order valence-electron chi connectivity index (χ0n) is 9.99. The molecular weight excluding hydrogens is 251 g/mol. The van der Waals surface area contributed by atoms with Gasteiger partial charge in [-0.15, -0.1) is 0 Å². The molecule has 0 fully saturated rings. The van der Waals surface area contributed by atoms with Crippen molar-refractivity contribution in [2.24, 2.45) is 10.8 Å². The molecule has 1 amide bonds. The summed E-state index contributed by atoms with van der Waals surface area (Å²) in [5, 5.41) is 21.5. The van der Waals surface area contributed by atoms with Gasteiger partial charge in [0, 0.05) is 12.6 Å². The largest absolute Gasteiger partial charge is 0.382 e. The third-order valence-electron chi connectivity index (χ3n) is 2.11. The van der Waals surface area contributed by atoms with Crippen molar-refractivity contribution in [2.45, 2.75) is 0 Å². The van der Waals surface area contributed by atoms with Gasteiger partial charge in [0.1, 0.15) is 11.9 Å². The van der Waals surface area contributed by atoms with E-state index < -0.39 is 17.6 Å². The quantitative estimate of drug-likeness (QED) is 0.356. The standard InChI is InChI=1S/C11H11FN6O/c1-16-11(19)6-2-3-8(7(12)4-6)17-18-9(5-13)10(14)15/h2-4,17H,1H3,(H3,14,15)(H,16,19)/b18-9+. The predicted molar refractivity (Wildman–Crippen MR) is 68.4 cm³/mol. The van der Waals surface area contributed by atoms with Crippen molar-refractivity contribution in [2.75, 3.05) is 12.5 Å². The first-order chi connectivity index (χ1) is 8.99. The average molecular weight is 262 g/mol. The van der Waals surface area contributed by atoms with E-state index in [0.29, 0.717) is 0 Å². The van der Waals surface area contributed by atoms with Crippen LogP contribution in [0.2, 0.25) is 0 Å². The van der Waals surface area contributed by atoms with Crippen LogP contribution >= 0.6 is 0 Å². The Hall–Kier alpha value is -2.95. The maximum atomic E-state index is 13.6. The smallest absolute Gasteiger partial charge is 0.251 e. The SMILES string of the molecule is CNC(=O)c1ccc(N/N=C(\C#N)C(=N)N)c(F)c1. The average Bonchev–Trinajstić information content (AvgIpc) is 2.39. The Kier molecular flexibility index (Phi) is 4.54. The summed E-state index contributed by atoms with van der Waals surface area (Å²) in [5.74, 6) is -1.67. The summed E-state index contributed by atoms with van der Waals surface area (Å²) in [5.41, 5.74) is 7.09. The Labute approximate surface area is 108 Å². The van der Waals surface area contributed by atoms with Crippen LogP contribution < -0.4 is 16.5 Å². The van der Waals surface area contributed by atoms with Crippen molar-refractivity contribution in [1.82, 2.24) is 5.32 Å². The van der Waals surface area contributed by atoms with Crippen LogP contribution in [0.5, 0.6) is 0 Å². The number of carbonyl (C=O) groups is 1. The van der Waals surface area contributed by atoms with Gasteiger partial charge < -0.3 is 11.1 Å². The van der Waals surface area contributed by atoms with Crippen LogP contribution in [0.15, 0.2) is 23.3 Å². The fraction of sp³-hybridized carbons (Fsp3) is 0.0909. The van der Waals surface area contributed by atoms with Gasteiger partial charge in [-0.05, 0) is 18.2 Å². The number of nitriles is 1.